The molecule has 1 heterocycles. The Morgan fingerprint density at radius 2 is 1.06 bits per heavy atom. The van der Waals surface area contributed by atoms with E-state index in [1.54, 1.807) is 10.9 Å². The van der Waals surface area contributed by atoms with Crippen LogP contribution in [0.5, 0.6) is 0 Å². The molecule has 1 aromatic heterocycles. The van der Waals surface area contributed by atoms with E-state index in [1.807, 2.05) is 121 Å². The molecule has 0 bridgehead atoms. The summed E-state index contributed by atoms with van der Waals surface area (Å²) in [6, 6.07) is 38.8. The summed E-state index contributed by atoms with van der Waals surface area (Å²) < 4.78 is 31.8. The summed E-state index contributed by atoms with van der Waals surface area (Å²) in [5, 5.41) is 4.75. The Kier molecular flexibility index (Phi) is 7.07. The van der Waals surface area contributed by atoms with Crippen molar-refractivity contribution in [1.82, 2.24) is 14.1 Å². The standard InChI is InChI=1S/C30H27N3O2S/c34-36(35,33(22-26-15-7-2-8-16-26)23-27-17-9-3-10-18-27)29-24-32(21-25-13-5-1-6-14-25)31-30(29)28-19-11-4-12-20-28/h1-20,24H,21-23H2. The van der Waals surface area contributed by atoms with Crippen molar-refractivity contribution in [1.29, 1.82) is 0 Å². The summed E-state index contributed by atoms with van der Waals surface area (Å²) in [6.07, 6.45) is 1.66. The third kappa shape index (κ3) is 5.46. The van der Waals surface area contributed by atoms with E-state index in [0.717, 1.165) is 22.3 Å². The van der Waals surface area contributed by atoms with Crippen LogP contribution in [0.1, 0.15) is 16.7 Å². The lowest BCUT2D eigenvalue weighted by Crippen LogP contribution is -2.30. The highest BCUT2D eigenvalue weighted by molar-refractivity contribution is 7.89. The van der Waals surface area contributed by atoms with Crippen LogP contribution in [0.25, 0.3) is 11.3 Å². The second-order valence-corrected chi connectivity index (χ2v) is 10.5. The second-order valence-electron chi connectivity index (χ2n) is 8.64. The predicted molar refractivity (Wildman–Crippen MR) is 143 cm³/mol. The van der Waals surface area contributed by atoms with Crippen LogP contribution < -0.4 is 0 Å². The van der Waals surface area contributed by atoms with Crippen molar-refractivity contribution < 1.29 is 8.42 Å². The van der Waals surface area contributed by atoms with Crippen molar-refractivity contribution in [3.05, 3.63) is 144 Å². The van der Waals surface area contributed by atoms with Crippen LogP contribution >= 0.6 is 0 Å². The molecule has 6 heteroatoms. The molecule has 5 nitrogen and oxygen atoms in total. The third-order valence-corrected chi connectivity index (χ3v) is 7.78. The summed E-state index contributed by atoms with van der Waals surface area (Å²) in [6.45, 7) is 1.000. The molecule has 5 aromatic rings. The molecule has 0 unspecified atom stereocenters. The molecule has 0 N–H and O–H groups in total. The summed E-state index contributed by atoms with van der Waals surface area (Å²) in [5.41, 5.74) is 4.12. The summed E-state index contributed by atoms with van der Waals surface area (Å²) in [4.78, 5) is 0.205. The number of benzene rings is 4. The molecule has 0 aliphatic rings. The van der Waals surface area contributed by atoms with Crippen molar-refractivity contribution in [2.75, 3.05) is 0 Å². The van der Waals surface area contributed by atoms with E-state index in [1.165, 1.54) is 4.31 Å². The van der Waals surface area contributed by atoms with E-state index in [0.29, 0.717) is 12.2 Å². The monoisotopic (exact) mass is 493 g/mol. The van der Waals surface area contributed by atoms with E-state index in [4.69, 9.17) is 5.10 Å². The first-order chi connectivity index (χ1) is 17.6. The minimum atomic E-state index is -3.90. The van der Waals surface area contributed by atoms with Crippen LogP contribution in [0, 0.1) is 0 Å². The molecule has 0 aliphatic heterocycles. The van der Waals surface area contributed by atoms with Gasteiger partial charge in [-0.05, 0) is 16.7 Å². The van der Waals surface area contributed by atoms with Gasteiger partial charge in [0.25, 0.3) is 0 Å². The maximum Gasteiger partial charge on any atom is 0.247 e. The van der Waals surface area contributed by atoms with Gasteiger partial charge in [-0.3, -0.25) is 4.68 Å². The lowest BCUT2D eigenvalue weighted by atomic mass is 10.2. The maximum atomic E-state index is 14.3. The number of hydrogen-bond donors (Lipinski definition) is 0. The molecule has 36 heavy (non-hydrogen) atoms. The van der Waals surface area contributed by atoms with Gasteiger partial charge in [0.05, 0.1) is 6.54 Å². The molecular weight excluding hydrogens is 466 g/mol. The average molecular weight is 494 g/mol. The van der Waals surface area contributed by atoms with Crippen LogP contribution in [0.4, 0.5) is 0 Å². The molecule has 4 aromatic carbocycles. The largest absolute Gasteiger partial charge is 0.266 e. The second kappa shape index (κ2) is 10.7. The number of sulfonamides is 1. The van der Waals surface area contributed by atoms with E-state index in [9.17, 15) is 8.42 Å². The van der Waals surface area contributed by atoms with Gasteiger partial charge in [-0.25, -0.2) is 8.42 Å². The highest BCUT2D eigenvalue weighted by Gasteiger charge is 2.30. The highest BCUT2D eigenvalue weighted by atomic mass is 32.2. The zero-order valence-corrected chi connectivity index (χ0v) is 20.6. The first-order valence-electron chi connectivity index (χ1n) is 11.8. The van der Waals surface area contributed by atoms with Gasteiger partial charge in [0.1, 0.15) is 10.6 Å². The zero-order valence-electron chi connectivity index (χ0n) is 19.8. The Bertz CT molecular complexity index is 1460. The van der Waals surface area contributed by atoms with Gasteiger partial charge in [0.2, 0.25) is 10.0 Å². The van der Waals surface area contributed by atoms with Crippen molar-refractivity contribution in [3.8, 4) is 11.3 Å². The number of nitrogens with zero attached hydrogens (tertiary/aromatic N) is 3. The number of rotatable bonds is 9. The fraction of sp³-hybridized carbons (Fsp3) is 0.100. The average Bonchev–Trinajstić information content (AvgIpc) is 3.35. The Morgan fingerprint density at radius 1 is 0.611 bits per heavy atom. The highest BCUT2D eigenvalue weighted by Crippen LogP contribution is 2.30. The van der Waals surface area contributed by atoms with Crippen LogP contribution in [-0.2, 0) is 29.7 Å². The molecule has 5 rings (SSSR count). The normalized spacial score (nSPS) is 11.6. The smallest absolute Gasteiger partial charge is 0.247 e. The van der Waals surface area contributed by atoms with Gasteiger partial charge < -0.3 is 0 Å². The van der Waals surface area contributed by atoms with E-state index in [-0.39, 0.29) is 18.0 Å². The molecule has 0 fully saturated rings. The third-order valence-electron chi connectivity index (χ3n) is 5.98. The number of hydrogen-bond acceptors (Lipinski definition) is 3. The van der Waals surface area contributed by atoms with Gasteiger partial charge >= 0.3 is 0 Å². The topological polar surface area (TPSA) is 55.2 Å². The lowest BCUT2D eigenvalue weighted by Gasteiger charge is -2.22. The maximum absolute atomic E-state index is 14.3. The summed E-state index contributed by atoms with van der Waals surface area (Å²) >= 11 is 0. The Morgan fingerprint density at radius 3 is 1.56 bits per heavy atom. The molecular formula is C30H27N3O2S. The molecule has 0 saturated heterocycles. The first-order valence-corrected chi connectivity index (χ1v) is 13.3. The van der Waals surface area contributed by atoms with E-state index >= 15 is 0 Å². The molecule has 0 atom stereocenters. The van der Waals surface area contributed by atoms with Crippen molar-refractivity contribution in [3.63, 3.8) is 0 Å². The van der Waals surface area contributed by atoms with Gasteiger partial charge in [-0.15, -0.1) is 0 Å². The van der Waals surface area contributed by atoms with E-state index < -0.39 is 10.0 Å². The quantitative estimate of drug-likeness (QED) is 0.253. The van der Waals surface area contributed by atoms with Crippen LogP contribution in [0.15, 0.2) is 132 Å². The van der Waals surface area contributed by atoms with Gasteiger partial charge in [-0.1, -0.05) is 121 Å². The van der Waals surface area contributed by atoms with Crippen LogP contribution in [0.3, 0.4) is 0 Å². The Hall–Kier alpha value is -4.00. The molecule has 0 amide bonds. The molecule has 0 radical (unpaired) electrons. The molecule has 0 aliphatic carbocycles. The summed E-state index contributed by atoms with van der Waals surface area (Å²) in [5.74, 6) is 0. The lowest BCUT2D eigenvalue weighted by molar-refractivity contribution is 0.401. The SMILES string of the molecule is O=S(=O)(c1cn(Cc2ccccc2)nc1-c1ccccc1)N(Cc1ccccc1)Cc1ccccc1. The van der Waals surface area contributed by atoms with Gasteiger partial charge in [-0.2, -0.15) is 9.40 Å². The zero-order chi connectivity index (χ0) is 24.8. The summed E-state index contributed by atoms with van der Waals surface area (Å²) in [7, 11) is -3.90. The Balaban J connectivity index is 1.59. The van der Waals surface area contributed by atoms with Crippen molar-refractivity contribution >= 4 is 10.0 Å². The first kappa shape index (κ1) is 23.7. The predicted octanol–water partition coefficient (Wildman–Crippen LogP) is 5.99. The van der Waals surface area contributed by atoms with Gasteiger partial charge in [0, 0.05) is 24.8 Å². The molecule has 0 spiro atoms. The Labute approximate surface area is 212 Å². The van der Waals surface area contributed by atoms with Gasteiger partial charge in [0.15, 0.2) is 0 Å². The van der Waals surface area contributed by atoms with E-state index in [2.05, 4.69) is 0 Å². The van der Waals surface area contributed by atoms with Crippen molar-refractivity contribution in [2.24, 2.45) is 0 Å². The minimum Gasteiger partial charge on any atom is -0.266 e. The molecule has 0 saturated carbocycles. The fourth-order valence-corrected chi connectivity index (χ4v) is 5.75. The van der Waals surface area contributed by atoms with Crippen molar-refractivity contribution in [2.45, 2.75) is 24.5 Å². The van der Waals surface area contributed by atoms with Crippen LogP contribution in [-0.4, -0.2) is 22.5 Å². The fourth-order valence-electron chi connectivity index (χ4n) is 4.18. The molecule has 180 valence electrons. The van der Waals surface area contributed by atoms with Crippen LogP contribution in [0.2, 0.25) is 0 Å². The minimum absolute atomic E-state index is 0.205. The number of aromatic nitrogens is 2.